The van der Waals surface area contributed by atoms with E-state index in [1.165, 1.54) is 7.11 Å². The Kier molecular flexibility index (Phi) is 2.83. The smallest absolute Gasteiger partial charge is 0.337 e. The molecule has 0 amide bonds. The van der Waals surface area contributed by atoms with Gasteiger partial charge in [-0.1, -0.05) is 0 Å². The maximum Gasteiger partial charge on any atom is 0.337 e. The summed E-state index contributed by atoms with van der Waals surface area (Å²) in [5.74, 6) is 0.333. The number of carbonyl (C=O) groups is 1. The molecule has 0 bridgehead atoms. The van der Waals surface area contributed by atoms with E-state index in [-0.39, 0.29) is 5.97 Å². The van der Waals surface area contributed by atoms with Gasteiger partial charge in [0.25, 0.3) is 0 Å². The second kappa shape index (κ2) is 4.04. The van der Waals surface area contributed by atoms with E-state index in [9.17, 15) is 9.90 Å². The highest BCUT2D eigenvalue weighted by atomic mass is 16.5. The highest BCUT2D eigenvalue weighted by Crippen LogP contribution is 2.33. The molecule has 4 heteroatoms. The molecule has 0 fully saturated rings. The SMILES string of the molecule is COC(=O)c1ccc2c(c1)C[C@H](O)C(C)(C)O2. The summed E-state index contributed by atoms with van der Waals surface area (Å²) in [6, 6.07) is 5.12. The number of carbonyl (C=O) groups excluding carboxylic acids is 1. The summed E-state index contributed by atoms with van der Waals surface area (Å²) in [6.07, 6.45) is -0.101. The van der Waals surface area contributed by atoms with E-state index in [0.29, 0.717) is 17.7 Å². The molecule has 1 aliphatic heterocycles. The summed E-state index contributed by atoms with van der Waals surface area (Å²) >= 11 is 0. The molecule has 1 aliphatic rings. The van der Waals surface area contributed by atoms with Gasteiger partial charge < -0.3 is 14.6 Å². The van der Waals surface area contributed by atoms with Crippen molar-refractivity contribution >= 4 is 5.97 Å². The lowest BCUT2D eigenvalue weighted by atomic mass is 9.90. The van der Waals surface area contributed by atoms with Crippen LogP contribution in [0.4, 0.5) is 0 Å². The molecule has 1 heterocycles. The van der Waals surface area contributed by atoms with Crippen LogP contribution >= 0.6 is 0 Å². The molecule has 1 atom stereocenters. The predicted octanol–water partition coefficient (Wildman–Crippen LogP) is 1.55. The predicted molar refractivity (Wildman–Crippen MR) is 62.2 cm³/mol. The highest BCUT2D eigenvalue weighted by molar-refractivity contribution is 5.89. The molecule has 1 aromatic rings. The molecule has 0 saturated carbocycles. The van der Waals surface area contributed by atoms with Gasteiger partial charge in [-0.15, -0.1) is 0 Å². The minimum absolute atomic E-state index is 0.382. The number of benzene rings is 1. The van der Waals surface area contributed by atoms with E-state index in [0.717, 1.165) is 5.56 Å². The number of methoxy groups -OCH3 is 1. The van der Waals surface area contributed by atoms with Crippen molar-refractivity contribution in [3.63, 3.8) is 0 Å². The molecular formula is C13H16O4. The molecular weight excluding hydrogens is 220 g/mol. The molecule has 0 aliphatic carbocycles. The normalized spacial score (nSPS) is 21.3. The zero-order valence-electron chi connectivity index (χ0n) is 10.2. The number of hydrogen-bond acceptors (Lipinski definition) is 4. The number of fused-ring (bicyclic) bond motifs is 1. The Morgan fingerprint density at radius 1 is 1.53 bits per heavy atom. The van der Waals surface area contributed by atoms with Crippen LogP contribution in [0.15, 0.2) is 18.2 Å². The van der Waals surface area contributed by atoms with Gasteiger partial charge in [-0.05, 0) is 37.6 Å². The summed E-state index contributed by atoms with van der Waals surface area (Å²) in [5, 5.41) is 9.93. The van der Waals surface area contributed by atoms with E-state index in [2.05, 4.69) is 4.74 Å². The van der Waals surface area contributed by atoms with Gasteiger partial charge in [0.15, 0.2) is 0 Å². The van der Waals surface area contributed by atoms with Crippen LogP contribution in [0.5, 0.6) is 5.75 Å². The zero-order chi connectivity index (χ0) is 12.6. The summed E-state index contributed by atoms with van der Waals surface area (Å²) in [6.45, 7) is 3.68. The molecule has 1 N–H and O–H groups in total. The summed E-state index contributed by atoms with van der Waals surface area (Å²) in [4.78, 5) is 11.4. The van der Waals surface area contributed by atoms with E-state index < -0.39 is 11.7 Å². The standard InChI is InChI=1S/C13H16O4/c1-13(2)11(14)7-9-6-8(12(15)16-3)4-5-10(9)17-13/h4-6,11,14H,7H2,1-3H3/t11-/m0/s1. The van der Waals surface area contributed by atoms with E-state index >= 15 is 0 Å². The van der Waals surface area contributed by atoms with Gasteiger partial charge in [-0.2, -0.15) is 0 Å². The van der Waals surface area contributed by atoms with Gasteiger partial charge in [0.2, 0.25) is 0 Å². The van der Waals surface area contributed by atoms with Crippen molar-refractivity contribution in [2.24, 2.45) is 0 Å². The van der Waals surface area contributed by atoms with Crippen LogP contribution < -0.4 is 4.74 Å². The number of ether oxygens (including phenoxy) is 2. The number of rotatable bonds is 1. The Morgan fingerprint density at radius 3 is 2.88 bits per heavy atom. The van der Waals surface area contributed by atoms with Gasteiger partial charge in [0, 0.05) is 6.42 Å². The fourth-order valence-corrected chi connectivity index (χ4v) is 1.89. The second-order valence-corrected chi connectivity index (χ2v) is 4.74. The molecule has 0 unspecified atom stereocenters. The Labute approximate surface area is 100 Å². The Hall–Kier alpha value is -1.55. The lowest BCUT2D eigenvalue weighted by Crippen LogP contribution is -2.46. The number of hydrogen-bond donors (Lipinski definition) is 1. The van der Waals surface area contributed by atoms with Crippen LogP contribution in [0, 0.1) is 0 Å². The number of aliphatic hydroxyl groups excluding tert-OH is 1. The van der Waals surface area contributed by atoms with Gasteiger partial charge in [-0.25, -0.2) is 4.79 Å². The van der Waals surface area contributed by atoms with Crippen molar-refractivity contribution < 1.29 is 19.4 Å². The van der Waals surface area contributed by atoms with Gasteiger partial charge >= 0.3 is 5.97 Å². The van der Waals surface area contributed by atoms with Crippen LogP contribution in [0.1, 0.15) is 29.8 Å². The Morgan fingerprint density at radius 2 is 2.24 bits per heavy atom. The third kappa shape index (κ3) is 2.13. The summed E-state index contributed by atoms with van der Waals surface area (Å²) < 4.78 is 10.4. The summed E-state index contributed by atoms with van der Waals surface area (Å²) in [7, 11) is 1.34. The van der Waals surface area contributed by atoms with Gasteiger partial charge in [0.05, 0.1) is 18.8 Å². The average molecular weight is 236 g/mol. The fraction of sp³-hybridized carbons (Fsp3) is 0.462. The third-order valence-corrected chi connectivity index (χ3v) is 3.07. The maximum atomic E-state index is 11.4. The first-order chi connectivity index (χ1) is 7.94. The van der Waals surface area contributed by atoms with E-state index in [1.807, 2.05) is 13.8 Å². The Balaban J connectivity index is 2.36. The van der Waals surface area contributed by atoms with Gasteiger partial charge in [0.1, 0.15) is 11.4 Å². The number of esters is 1. The Bertz CT molecular complexity index is 451. The molecule has 0 radical (unpaired) electrons. The minimum atomic E-state index is -0.597. The molecule has 92 valence electrons. The lowest BCUT2D eigenvalue weighted by molar-refractivity contribution is -0.0411. The first-order valence-corrected chi connectivity index (χ1v) is 5.52. The molecule has 1 aromatic carbocycles. The molecule has 2 rings (SSSR count). The van der Waals surface area contributed by atoms with Crippen LogP contribution in [0.2, 0.25) is 0 Å². The molecule has 17 heavy (non-hydrogen) atoms. The first-order valence-electron chi connectivity index (χ1n) is 5.52. The number of aliphatic hydroxyl groups is 1. The fourth-order valence-electron chi connectivity index (χ4n) is 1.89. The molecule has 4 nitrogen and oxygen atoms in total. The first kappa shape index (κ1) is 11.9. The van der Waals surface area contributed by atoms with Crippen molar-refractivity contribution in [3.05, 3.63) is 29.3 Å². The van der Waals surface area contributed by atoms with E-state index in [4.69, 9.17) is 4.74 Å². The van der Waals surface area contributed by atoms with Crippen LogP contribution in [-0.4, -0.2) is 29.9 Å². The largest absolute Gasteiger partial charge is 0.485 e. The molecule has 0 spiro atoms. The van der Waals surface area contributed by atoms with Gasteiger partial charge in [-0.3, -0.25) is 0 Å². The van der Waals surface area contributed by atoms with Crippen molar-refractivity contribution in [1.82, 2.24) is 0 Å². The quantitative estimate of drug-likeness (QED) is 0.752. The second-order valence-electron chi connectivity index (χ2n) is 4.74. The lowest BCUT2D eigenvalue weighted by Gasteiger charge is -2.37. The molecule has 0 aromatic heterocycles. The topological polar surface area (TPSA) is 55.8 Å². The third-order valence-electron chi connectivity index (χ3n) is 3.07. The van der Waals surface area contributed by atoms with Crippen LogP contribution in [-0.2, 0) is 11.2 Å². The average Bonchev–Trinajstić information content (AvgIpc) is 2.28. The molecule has 0 saturated heterocycles. The van der Waals surface area contributed by atoms with Crippen LogP contribution in [0.25, 0.3) is 0 Å². The van der Waals surface area contributed by atoms with Crippen molar-refractivity contribution in [1.29, 1.82) is 0 Å². The van der Waals surface area contributed by atoms with E-state index in [1.54, 1.807) is 18.2 Å². The highest BCUT2D eigenvalue weighted by Gasteiger charge is 2.35. The summed E-state index contributed by atoms with van der Waals surface area (Å²) in [5.41, 5.74) is 0.709. The maximum absolute atomic E-state index is 11.4. The minimum Gasteiger partial charge on any atom is -0.485 e. The monoisotopic (exact) mass is 236 g/mol. The van der Waals surface area contributed by atoms with Crippen LogP contribution in [0.3, 0.4) is 0 Å². The van der Waals surface area contributed by atoms with Crippen molar-refractivity contribution in [3.8, 4) is 5.75 Å². The zero-order valence-corrected chi connectivity index (χ0v) is 10.2. The van der Waals surface area contributed by atoms with Crippen molar-refractivity contribution in [2.75, 3.05) is 7.11 Å². The van der Waals surface area contributed by atoms with Crippen molar-refractivity contribution in [2.45, 2.75) is 32.0 Å².